The summed E-state index contributed by atoms with van der Waals surface area (Å²) in [6.45, 7) is 4.38. The molecule has 2 aliphatic rings. The summed E-state index contributed by atoms with van der Waals surface area (Å²) in [4.78, 5) is 0. The highest BCUT2D eigenvalue weighted by Gasteiger charge is 2.49. The van der Waals surface area contributed by atoms with E-state index in [9.17, 15) is 0 Å². The van der Waals surface area contributed by atoms with E-state index in [1.165, 1.54) is 24.0 Å². The summed E-state index contributed by atoms with van der Waals surface area (Å²) in [5.74, 6) is 2.62. The van der Waals surface area contributed by atoms with Gasteiger partial charge in [-0.25, -0.2) is 0 Å². The first-order valence-electron chi connectivity index (χ1n) is 8.39. The highest BCUT2D eigenvalue weighted by Crippen LogP contribution is 2.53. The van der Waals surface area contributed by atoms with Gasteiger partial charge in [-0.05, 0) is 61.1 Å². The van der Waals surface area contributed by atoms with Gasteiger partial charge in [0.15, 0.2) is 0 Å². The van der Waals surface area contributed by atoms with Gasteiger partial charge in [0.2, 0.25) is 0 Å². The quantitative estimate of drug-likeness (QED) is 0.781. The zero-order chi connectivity index (χ0) is 16.6. The van der Waals surface area contributed by atoms with Crippen molar-refractivity contribution < 1.29 is 4.74 Å². The third-order valence-corrected chi connectivity index (χ3v) is 5.42. The first-order chi connectivity index (χ1) is 11.0. The predicted octanol–water partition coefficient (Wildman–Crippen LogP) is 2.88. The highest BCUT2D eigenvalue weighted by atomic mass is 16.5. The molecule has 4 nitrogen and oxygen atoms in total. The molecule has 5 N–H and O–H groups in total. The zero-order valence-corrected chi connectivity index (χ0v) is 14.2. The summed E-state index contributed by atoms with van der Waals surface area (Å²) >= 11 is 0. The van der Waals surface area contributed by atoms with Crippen LogP contribution < -0.4 is 21.5 Å². The van der Waals surface area contributed by atoms with Gasteiger partial charge < -0.3 is 21.5 Å². The second-order valence-electron chi connectivity index (χ2n) is 6.71. The molecule has 0 spiro atoms. The van der Waals surface area contributed by atoms with Gasteiger partial charge in [-0.3, -0.25) is 0 Å². The van der Waals surface area contributed by atoms with Gasteiger partial charge in [0, 0.05) is 0 Å². The molecule has 0 amide bonds. The van der Waals surface area contributed by atoms with Crippen LogP contribution in [0.3, 0.4) is 0 Å². The van der Waals surface area contributed by atoms with Gasteiger partial charge in [-0.2, -0.15) is 0 Å². The number of hydrogen-bond acceptors (Lipinski definition) is 4. The minimum atomic E-state index is -0.332. The Morgan fingerprint density at radius 3 is 2.65 bits per heavy atom. The summed E-state index contributed by atoms with van der Waals surface area (Å²) in [6.07, 6.45) is 7.79. The molecule has 2 unspecified atom stereocenters. The molecule has 1 heterocycles. The third-order valence-electron chi connectivity index (χ3n) is 5.42. The number of allylic oxidation sites excluding steroid dienone is 1. The fourth-order valence-electron chi connectivity index (χ4n) is 4.16. The molecule has 1 aromatic carbocycles. The molecule has 3 rings (SSSR count). The van der Waals surface area contributed by atoms with Crippen LogP contribution in [-0.2, 0) is 5.41 Å². The molecule has 1 saturated carbocycles. The molecule has 1 aromatic rings. The molecule has 23 heavy (non-hydrogen) atoms. The minimum Gasteiger partial charge on any atom is -0.497 e. The van der Waals surface area contributed by atoms with Crippen molar-refractivity contribution in [1.82, 2.24) is 5.32 Å². The van der Waals surface area contributed by atoms with E-state index in [4.69, 9.17) is 16.2 Å². The number of methoxy groups -OCH3 is 1. The van der Waals surface area contributed by atoms with Crippen molar-refractivity contribution in [2.24, 2.45) is 23.3 Å². The maximum absolute atomic E-state index is 6.58. The number of nitrogens with two attached hydrogens (primary N) is 2. The fourth-order valence-corrected chi connectivity index (χ4v) is 4.16. The second-order valence-corrected chi connectivity index (χ2v) is 6.71. The highest BCUT2D eigenvalue weighted by molar-refractivity contribution is 5.51. The molecule has 1 aliphatic heterocycles. The van der Waals surface area contributed by atoms with Crippen molar-refractivity contribution in [3.8, 4) is 5.75 Å². The van der Waals surface area contributed by atoms with E-state index in [1.54, 1.807) is 7.11 Å². The Morgan fingerprint density at radius 1 is 1.35 bits per heavy atom. The van der Waals surface area contributed by atoms with Crippen molar-refractivity contribution >= 4 is 0 Å². The lowest BCUT2D eigenvalue weighted by molar-refractivity contribution is 0.311. The number of nitrogens with one attached hydrogen (secondary N) is 1. The number of rotatable bonds is 5. The Bertz CT molecular complexity index is 661. The Kier molecular flexibility index (Phi) is 4.00. The minimum absolute atomic E-state index is 0.332. The zero-order valence-electron chi connectivity index (χ0n) is 14.2. The molecule has 4 heteroatoms. The average Bonchev–Trinajstić information content (AvgIpc) is 3.37. The van der Waals surface area contributed by atoms with Crippen LogP contribution in [0.2, 0.25) is 0 Å². The van der Waals surface area contributed by atoms with Crippen LogP contribution in [0.1, 0.15) is 37.3 Å². The largest absolute Gasteiger partial charge is 0.497 e. The van der Waals surface area contributed by atoms with Crippen molar-refractivity contribution in [2.45, 2.75) is 38.5 Å². The third kappa shape index (κ3) is 2.46. The monoisotopic (exact) mass is 313 g/mol. The van der Waals surface area contributed by atoms with Crippen LogP contribution in [0.5, 0.6) is 5.75 Å². The number of aryl methyl sites for hydroxylation is 1. The lowest BCUT2D eigenvalue weighted by Gasteiger charge is -2.43. The molecule has 1 aliphatic carbocycles. The fraction of sp³-hybridized carbons (Fsp3) is 0.474. The summed E-state index contributed by atoms with van der Waals surface area (Å²) in [5, 5.41) is 3.06. The van der Waals surface area contributed by atoms with Crippen molar-refractivity contribution in [3.05, 3.63) is 53.1 Å². The van der Waals surface area contributed by atoms with E-state index in [2.05, 4.69) is 37.4 Å². The molecule has 0 bridgehead atoms. The summed E-state index contributed by atoms with van der Waals surface area (Å²) in [5.41, 5.74) is 15.6. The standard InChI is InChI=1S/C19H27N3O/c1-4-15(13-5-6-13)19(9-10-22-18(21)17(19)20)16-8-7-14(23-3)11-12(16)2/h7-11,13,15,22H,4-6,20-21H2,1-3H3. The molecule has 124 valence electrons. The summed E-state index contributed by atoms with van der Waals surface area (Å²) in [6, 6.07) is 6.24. The number of benzene rings is 1. The molecule has 2 atom stereocenters. The topological polar surface area (TPSA) is 73.3 Å². The Morgan fingerprint density at radius 2 is 2.09 bits per heavy atom. The van der Waals surface area contributed by atoms with Crippen LogP contribution in [0, 0.1) is 18.8 Å². The number of dihydropyridines is 1. The Hall–Kier alpha value is -2.10. The molecule has 0 aromatic heterocycles. The van der Waals surface area contributed by atoms with E-state index in [0.29, 0.717) is 11.7 Å². The summed E-state index contributed by atoms with van der Waals surface area (Å²) in [7, 11) is 1.69. The smallest absolute Gasteiger partial charge is 0.121 e. The SMILES string of the molecule is CCC(C1CC1)C1(c2ccc(OC)cc2C)C=CNC(N)=C1N. The molecule has 1 fully saturated rings. The van der Waals surface area contributed by atoms with Crippen LogP contribution in [0.4, 0.5) is 0 Å². The molecular weight excluding hydrogens is 286 g/mol. The lowest BCUT2D eigenvalue weighted by atomic mass is 9.63. The first kappa shape index (κ1) is 15.8. The number of ether oxygens (including phenoxy) is 1. The van der Waals surface area contributed by atoms with Gasteiger partial charge in [0.05, 0.1) is 18.2 Å². The maximum atomic E-state index is 6.58. The normalized spacial score (nSPS) is 25.2. The average molecular weight is 313 g/mol. The Labute approximate surface area is 138 Å². The maximum Gasteiger partial charge on any atom is 0.121 e. The molecule has 0 radical (unpaired) electrons. The lowest BCUT2D eigenvalue weighted by Crippen LogP contribution is -2.46. The van der Waals surface area contributed by atoms with Crippen LogP contribution >= 0.6 is 0 Å². The van der Waals surface area contributed by atoms with E-state index in [0.717, 1.165) is 23.8 Å². The van der Waals surface area contributed by atoms with Crippen LogP contribution in [0.15, 0.2) is 42.0 Å². The van der Waals surface area contributed by atoms with Gasteiger partial charge in [-0.15, -0.1) is 0 Å². The second kappa shape index (κ2) is 5.84. The first-order valence-corrected chi connectivity index (χ1v) is 8.39. The van der Waals surface area contributed by atoms with E-state index >= 15 is 0 Å². The van der Waals surface area contributed by atoms with Crippen LogP contribution in [-0.4, -0.2) is 7.11 Å². The van der Waals surface area contributed by atoms with Gasteiger partial charge in [0.25, 0.3) is 0 Å². The number of hydrogen-bond donors (Lipinski definition) is 3. The van der Waals surface area contributed by atoms with Crippen molar-refractivity contribution in [1.29, 1.82) is 0 Å². The van der Waals surface area contributed by atoms with Gasteiger partial charge >= 0.3 is 0 Å². The summed E-state index contributed by atoms with van der Waals surface area (Å²) < 4.78 is 5.37. The van der Waals surface area contributed by atoms with E-state index < -0.39 is 0 Å². The molecular formula is C19H27N3O. The van der Waals surface area contributed by atoms with Crippen molar-refractivity contribution in [3.63, 3.8) is 0 Å². The van der Waals surface area contributed by atoms with E-state index in [-0.39, 0.29) is 5.41 Å². The van der Waals surface area contributed by atoms with E-state index in [1.807, 2.05) is 12.3 Å². The van der Waals surface area contributed by atoms with Gasteiger partial charge in [0.1, 0.15) is 11.6 Å². The predicted molar refractivity (Wildman–Crippen MR) is 93.6 cm³/mol. The van der Waals surface area contributed by atoms with Gasteiger partial charge in [-0.1, -0.05) is 25.5 Å². The Balaban J connectivity index is 2.20. The van der Waals surface area contributed by atoms with Crippen LogP contribution in [0.25, 0.3) is 0 Å². The molecule has 0 saturated heterocycles. The van der Waals surface area contributed by atoms with Crippen molar-refractivity contribution in [2.75, 3.05) is 7.11 Å².